The summed E-state index contributed by atoms with van der Waals surface area (Å²) in [7, 11) is -4.48. The fourth-order valence-electron chi connectivity index (χ4n) is 1.84. The molecule has 2 aromatic carbocycles. The lowest BCUT2D eigenvalue weighted by Crippen LogP contribution is -2.01. The van der Waals surface area contributed by atoms with Gasteiger partial charge in [-0.25, -0.2) is 0 Å². The molecule has 2 N–H and O–H groups in total. The topological polar surface area (TPSA) is 74.6 Å². The summed E-state index contributed by atoms with van der Waals surface area (Å²) in [5.41, 5.74) is 1.86. The molecule has 4 nitrogen and oxygen atoms in total. The van der Waals surface area contributed by atoms with Crippen molar-refractivity contribution in [2.24, 2.45) is 0 Å². The summed E-state index contributed by atoms with van der Waals surface area (Å²) in [4.78, 5) is -0.462. The zero-order valence-electron chi connectivity index (χ0n) is 9.66. The van der Waals surface area contributed by atoms with Gasteiger partial charge in [0, 0.05) is 5.56 Å². The first kappa shape index (κ1) is 12.6. The smallest absolute Gasteiger partial charge is 0.298 e. The number of phenolic OH excluding ortho intramolecular Hbond substituents is 1. The monoisotopic (exact) mass is 264 g/mol. The van der Waals surface area contributed by atoms with Gasteiger partial charge in [-0.05, 0) is 18.6 Å². The highest BCUT2D eigenvalue weighted by Crippen LogP contribution is 2.33. The molecule has 0 aliphatic carbocycles. The quantitative estimate of drug-likeness (QED) is 0.818. The molecule has 0 spiro atoms. The zero-order chi connectivity index (χ0) is 13.3. The molecule has 0 bridgehead atoms. The van der Waals surface area contributed by atoms with Crippen LogP contribution < -0.4 is 0 Å². The maximum atomic E-state index is 11.3. The molecule has 94 valence electrons. The third-order valence-corrected chi connectivity index (χ3v) is 3.53. The van der Waals surface area contributed by atoms with Gasteiger partial charge in [-0.15, -0.1) is 0 Å². The molecule has 0 aliphatic rings. The van der Waals surface area contributed by atoms with Crippen LogP contribution in [0.15, 0.2) is 47.4 Å². The van der Waals surface area contributed by atoms with Gasteiger partial charge in [0.05, 0.1) is 0 Å². The Kier molecular flexibility index (Phi) is 3.11. The van der Waals surface area contributed by atoms with E-state index in [4.69, 9.17) is 0 Å². The summed E-state index contributed by atoms with van der Waals surface area (Å²) < 4.78 is 31.9. The Morgan fingerprint density at radius 1 is 1.06 bits per heavy atom. The molecule has 0 saturated carbocycles. The summed E-state index contributed by atoms with van der Waals surface area (Å²) in [6.07, 6.45) is 0. The average Bonchev–Trinajstić information content (AvgIpc) is 2.27. The normalized spacial score (nSPS) is 11.4. The third kappa shape index (κ3) is 2.37. The van der Waals surface area contributed by atoms with E-state index in [1.165, 1.54) is 18.2 Å². The van der Waals surface area contributed by atoms with Crippen LogP contribution in [0.1, 0.15) is 5.56 Å². The Bertz CT molecular complexity index is 690. The molecule has 0 aliphatic heterocycles. The van der Waals surface area contributed by atoms with Gasteiger partial charge in [0.2, 0.25) is 0 Å². The molecule has 2 aromatic rings. The Hall–Kier alpha value is -1.85. The lowest BCUT2D eigenvalue weighted by molar-refractivity contribution is 0.444. The zero-order valence-corrected chi connectivity index (χ0v) is 10.5. The van der Waals surface area contributed by atoms with Crippen molar-refractivity contribution in [3.63, 3.8) is 0 Å². The van der Waals surface area contributed by atoms with Gasteiger partial charge in [0.1, 0.15) is 10.6 Å². The van der Waals surface area contributed by atoms with Crippen molar-refractivity contribution >= 4 is 10.1 Å². The van der Waals surface area contributed by atoms with Crippen molar-refractivity contribution in [2.45, 2.75) is 11.8 Å². The second kappa shape index (κ2) is 4.44. The summed E-state index contributed by atoms with van der Waals surface area (Å²) in [6.45, 7) is 1.87. The van der Waals surface area contributed by atoms with Gasteiger partial charge in [0.25, 0.3) is 10.1 Å². The predicted octanol–water partition coefficient (Wildman–Crippen LogP) is 2.61. The Labute approximate surface area is 105 Å². The molecule has 0 unspecified atom stereocenters. The van der Waals surface area contributed by atoms with E-state index < -0.39 is 20.8 Å². The van der Waals surface area contributed by atoms with E-state index in [0.29, 0.717) is 5.56 Å². The summed E-state index contributed by atoms with van der Waals surface area (Å²) in [5.74, 6) is -0.462. The SMILES string of the molecule is Cc1cccc(-c2cccc(O)c2S(=O)(=O)O)c1. The van der Waals surface area contributed by atoms with Gasteiger partial charge in [0.15, 0.2) is 0 Å². The van der Waals surface area contributed by atoms with Crippen molar-refractivity contribution in [2.75, 3.05) is 0 Å². The van der Waals surface area contributed by atoms with Gasteiger partial charge in [-0.2, -0.15) is 8.42 Å². The lowest BCUT2D eigenvalue weighted by atomic mass is 10.0. The summed E-state index contributed by atoms with van der Waals surface area (Å²) >= 11 is 0. The summed E-state index contributed by atoms with van der Waals surface area (Å²) in [6, 6.07) is 11.4. The molecular formula is C13H12O4S. The van der Waals surface area contributed by atoms with E-state index in [2.05, 4.69) is 0 Å². The first-order valence-corrected chi connectivity index (χ1v) is 6.70. The fraction of sp³-hybridized carbons (Fsp3) is 0.0769. The highest BCUT2D eigenvalue weighted by Gasteiger charge is 2.21. The molecule has 0 amide bonds. The van der Waals surface area contributed by atoms with Crippen LogP contribution in [0.4, 0.5) is 0 Å². The Balaban J connectivity index is 2.77. The second-order valence-electron chi connectivity index (χ2n) is 4.00. The standard InChI is InChI=1S/C13H12O4S/c1-9-4-2-5-10(8-9)11-6-3-7-12(14)13(11)18(15,16)17/h2-8,14H,1H3,(H,15,16,17). The van der Waals surface area contributed by atoms with Gasteiger partial charge in [-0.3, -0.25) is 4.55 Å². The van der Waals surface area contributed by atoms with Crippen molar-refractivity contribution < 1.29 is 18.1 Å². The van der Waals surface area contributed by atoms with Gasteiger partial charge >= 0.3 is 0 Å². The fourth-order valence-corrected chi connectivity index (χ4v) is 2.63. The summed E-state index contributed by atoms with van der Waals surface area (Å²) in [5, 5.41) is 9.62. The number of phenols is 1. The molecule has 0 radical (unpaired) electrons. The van der Waals surface area contributed by atoms with E-state index in [1.807, 2.05) is 13.0 Å². The maximum absolute atomic E-state index is 11.3. The largest absolute Gasteiger partial charge is 0.506 e. The highest BCUT2D eigenvalue weighted by atomic mass is 32.2. The Morgan fingerprint density at radius 3 is 2.33 bits per heavy atom. The van der Waals surface area contributed by atoms with Crippen LogP contribution in [0.2, 0.25) is 0 Å². The van der Waals surface area contributed by atoms with Crippen molar-refractivity contribution in [3.05, 3.63) is 48.0 Å². The van der Waals surface area contributed by atoms with E-state index in [0.717, 1.165) is 5.56 Å². The minimum absolute atomic E-state index is 0.279. The molecule has 5 heteroatoms. The molecule has 0 fully saturated rings. The molecular weight excluding hydrogens is 252 g/mol. The van der Waals surface area contributed by atoms with E-state index in [1.54, 1.807) is 18.2 Å². The number of benzene rings is 2. The minimum atomic E-state index is -4.48. The van der Waals surface area contributed by atoms with Crippen LogP contribution in [-0.4, -0.2) is 18.1 Å². The molecule has 0 saturated heterocycles. The lowest BCUT2D eigenvalue weighted by Gasteiger charge is -2.09. The number of aromatic hydroxyl groups is 1. The Morgan fingerprint density at radius 2 is 1.72 bits per heavy atom. The van der Waals surface area contributed by atoms with E-state index in [9.17, 15) is 18.1 Å². The number of rotatable bonds is 2. The van der Waals surface area contributed by atoms with Crippen LogP contribution in [0.5, 0.6) is 5.75 Å². The average molecular weight is 264 g/mol. The van der Waals surface area contributed by atoms with Crippen LogP contribution in [0.3, 0.4) is 0 Å². The maximum Gasteiger partial charge on any atom is 0.298 e. The van der Waals surface area contributed by atoms with Crippen LogP contribution in [0.25, 0.3) is 11.1 Å². The number of hydrogen-bond acceptors (Lipinski definition) is 3. The second-order valence-corrected chi connectivity index (χ2v) is 5.36. The predicted molar refractivity (Wildman–Crippen MR) is 68.1 cm³/mol. The van der Waals surface area contributed by atoms with E-state index in [-0.39, 0.29) is 5.56 Å². The van der Waals surface area contributed by atoms with Crippen molar-refractivity contribution in [3.8, 4) is 16.9 Å². The molecule has 18 heavy (non-hydrogen) atoms. The van der Waals surface area contributed by atoms with Crippen LogP contribution in [-0.2, 0) is 10.1 Å². The number of aryl methyl sites for hydroxylation is 1. The first-order valence-electron chi connectivity index (χ1n) is 5.26. The van der Waals surface area contributed by atoms with Crippen LogP contribution >= 0.6 is 0 Å². The number of hydrogen-bond donors (Lipinski definition) is 2. The molecule has 0 aromatic heterocycles. The molecule has 0 heterocycles. The van der Waals surface area contributed by atoms with Crippen molar-refractivity contribution in [1.29, 1.82) is 0 Å². The molecule has 0 atom stereocenters. The van der Waals surface area contributed by atoms with Gasteiger partial charge < -0.3 is 5.11 Å². The third-order valence-electron chi connectivity index (χ3n) is 2.58. The van der Waals surface area contributed by atoms with Crippen molar-refractivity contribution in [1.82, 2.24) is 0 Å². The van der Waals surface area contributed by atoms with E-state index >= 15 is 0 Å². The van der Waals surface area contributed by atoms with Crippen LogP contribution in [0, 0.1) is 6.92 Å². The first-order chi connectivity index (χ1) is 8.39. The van der Waals surface area contributed by atoms with Gasteiger partial charge in [-0.1, -0.05) is 42.0 Å². The highest BCUT2D eigenvalue weighted by molar-refractivity contribution is 7.86. The molecule has 2 rings (SSSR count). The minimum Gasteiger partial charge on any atom is -0.506 e.